The normalized spacial score (nSPS) is 26.3. The topological polar surface area (TPSA) is 15.3 Å². The Morgan fingerprint density at radius 2 is 2.08 bits per heavy atom. The lowest BCUT2D eigenvalue weighted by Gasteiger charge is -2.36. The van der Waals surface area contributed by atoms with Crippen molar-refractivity contribution >= 4 is 0 Å². The zero-order chi connectivity index (χ0) is 9.90. The zero-order valence-corrected chi connectivity index (χ0v) is 7.69. The van der Waals surface area contributed by atoms with Crippen molar-refractivity contribution in [3.8, 4) is 0 Å². The minimum atomic E-state index is -4.16. The van der Waals surface area contributed by atoms with Gasteiger partial charge >= 0.3 is 6.30 Å². The SMILES string of the molecule is CNC[C@@H]1CCCCN1C(F)(F)F. The Labute approximate surface area is 76.1 Å². The van der Waals surface area contributed by atoms with Gasteiger partial charge in [0.05, 0.1) is 0 Å². The van der Waals surface area contributed by atoms with Crippen LogP contribution in [0.25, 0.3) is 0 Å². The molecule has 1 atom stereocenters. The van der Waals surface area contributed by atoms with Crippen molar-refractivity contribution in [1.82, 2.24) is 10.2 Å². The maximum atomic E-state index is 12.4. The number of hydrogen-bond donors (Lipinski definition) is 1. The number of alkyl halides is 3. The van der Waals surface area contributed by atoms with Gasteiger partial charge in [0.15, 0.2) is 0 Å². The van der Waals surface area contributed by atoms with Crippen LogP contribution in [-0.4, -0.2) is 37.4 Å². The highest BCUT2D eigenvalue weighted by Crippen LogP contribution is 2.29. The minimum Gasteiger partial charge on any atom is -0.318 e. The Kier molecular flexibility index (Phi) is 3.55. The summed E-state index contributed by atoms with van der Waals surface area (Å²) in [6.45, 7) is 0.565. The molecule has 78 valence electrons. The van der Waals surface area contributed by atoms with E-state index in [1.165, 1.54) is 0 Å². The molecule has 0 spiro atoms. The third-order valence-corrected chi connectivity index (χ3v) is 2.39. The van der Waals surface area contributed by atoms with Crippen LogP contribution < -0.4 is 5.32 Å². The Morgan fingerprint density at radius 1 is 1.38 bits per heavy atom. The molecule has 0 aromatic carbocycles. The molecular formula is C8H15F3N2. The largest absolute Gasteiger partial charge is 0.460 e. The van der Waals surface area contributed by atoms with Crippen LogP contribution in [0.1, 0.15) is 19.3 Å². The van der Waals surface area contributed by atoms with E-state index in [0.29, 0.717) is 24.3 Å². The van der Waals surface area contributed by atoms with E-state index in [9.17, 15) is 13.2 Å². The maximum Gasteiger partial charge on any atom is 0.460 e. The predicted molar refractivity (Wildman–Crippen MR) is 44.3 cm³/mol. The van der Waals surface area contributed by atoms with Gasteiger partial charge in [0.25, 0.3) is 0 Å². The molecule has 0 aliphatic carbocycles. The molecule has 0 aromatic heterocycles. The van der Waals surface area contributed by atoms with Crippen molar-refractivity contribution in [1.29, 1.82) is 0 Å². The maximum absolute atomic E-state index is 12.4. The van der Waals surface area contributed by atoms with Gasteiger partial charge in [-0.25, -0.2) is 4.90 Å². The number of piperidine rings is 1. The van der Waals surface area contributed by atoms with Gasteiger partial charge in [-0.15, -0.1) is 0 Å². The van der Waals surface area contributed by atoms with Crippen molar-refractivity contribution in [3.63, 3.8) is 0 Å². The first kappa shape index (κ1) is 10.8. The van der Waals surface area contributed by atoms with Crippen LogP contribution >= 0.6 is 0 Å². The molecule has 0 radical (unpaired) electrons. The van der Waals surface area contributed by atoms with Crippen molar-refractivity contribution in [2.75, 3.05) is 20.1 Å². The highest BCUT2D eigenvalue weighted by Gasteiger charge is 2.42. The molecule has 0 saturated carbocycles. The van der Waals surface area contributed by atoms with Gasteiger partial charge in [-0.3, -0.25) is 0 Å². The molecule has 1 saturated heterocycles. The van der Waals surface area contributed by atoms with Gasteiger partial charge in [-0.2, -0.15) is 13.2 Å². The average molecular weight is 196 g/mol. The van der Waals surface area contributed by atoms with Gasteiger partial charge in [0.1, 0.15) is 0 Å². The fraction of sp³-hybridized carbons (Fsp3) is 1.00. The van der Waals surface area contributed by atoms with E-state index in [2.05, 4.69) is 5.32 Å². The summed E-state index contributed by atoms with van der Waals surface area (Å²) >= 11 is 0. The van der Waals surface area contributed by atoms with Crippen LogP contribution in [0.3, 0.4) is 0 Å². The second-order valence-corrected chi connectivity index (χ2v) is 3.37. The van der Waals surface area contributed by atoms with Crippen molar-refractivity contribution in [2.45, 2.75) is 31.6 Å². The van der Waals surface area contributed by atoms with E-state index in [-0.39, 0.29) is 12.6 Å². The Balaban J connectivity index is 2.56. The summed E-state index contributed by atoms with van der Waals surface area (Å²) in [4.78, 5) is 0.646. The molecule has 0 unspecified atom stereocenters. The lowest BCUT2D eigenvalue weighted by atomic mass is 10.0. The summed E-state index contributed by atoms with van der Waals surface area (Å²) < 4.78 is 37.2. The number of rotatable bonds is 2. The molecule has 0 amide bonds. The summed E-state index contributed by atoms with van der Waals surface area (Å²) in [6.07, 6.45) is -1.97. The van der Waals surface area contributed by atoms with Gasteiger partial charge in [-0.05, 0) is 19.9 Å². The first-order chi connectivity index (χ1) is 6.05. The third-order valence-electron chi connectivity index (χ3n) is 2.39. The molecule has 0 aromatic rings. The lowest BCUT2D eigenvalue weighted by molar-refractivity contribution is -0.263. The first-order valence-corrected chi connectivity index (χ1v) is 4.54. The molecule has 0 bridgehead atoms. The number of hydrogen-bond acceptors (Lipinski definition) is 2. The quantitative estimate of drug-likeness (QED) is 0.674. The van der Waals surface area contributed by atoms with Crippen LogP contribution in [-0.2, 0) is 0 Å². The smallest absolute Gasteiger partial charge is 0.318 e. The fourth-order valence-electron chi connectivity index (χ4n) is 1.78. The van der Waals surface area contributed by atoms with E-state index in [1.54, 1.807) is 7.05 Å². The summed E-state index contributed by atoms with van der Waals surface area (Å²) in [5.74, 6) is 0. The van der Waals surface area contributed by atoms with Crippen LogP contribution in [0, 0.1) is 0 Å². The van der Waals surface area contributed by atoms with E-state index in [1.807, 2.05) is 0 Å². The predicted octanol–water partition coefficient (Wildman–Crippen LogP) is 1.58. The summed E-state index contributed by atoms with van der Waals surface area (Å²) in [5.41, 5.74) is 0. The molecule has 1 aliphatic heterocycles. The molecule has 1 heterocycles. The second-order valence-electron chi connectivity index (χ2n) is 3.37. The monoisotopic (exact) mass is 196 g/mol. The molecule has 1 N–H and O–H groups in total. The zero-order valence-electron chi connectivity index (χ0n) is 7.69. The highest BCUT2D eigenvalue weighted by molar-refractivity contribution is 4.79. The van der Waals surface area contributed by atoms with Crippen molar-refractivity contribution in [3.05, 3.63) is 0 Å². The molecule has 1 aliphatic rings. The standard InChI is InChI=1S/C8H15F3N2/c1-12-6-7-4-2-3-5-13(7)8(9,10)11/h7,12H,2-6H2,1H3/t7-/m0/s1. The lowest BCUT2D eigenvalue weighted by Crippen LogP contribution is -2.51. The number of halogens is 3. The van der Waals surface area contributed by atoms with E-state index in [4.69, 9.17) is 0 Å². The summed E-state index contributed by atoms with van der Waals surface area (Å²) in [7, 11) is 1.68. The van der Waals surface area contributed by atoms with Gasteiger partial charge in [0, 0.05) is 19.1 Å². The van der Waals surface area contributed by atoms with Crippen LogP contribution in [0.5, 0.6) is 0 Å². The number of nitrogens with zero attached hydrogens (tertiary/aromatic N) is 1. The Morgan fingerprint density at radius 3 is 2.62 bits per heavy atom. The number of likely N-dealkylation sites (tertiary alicyclic amines) is 1. The minimum absolute atomic E-state index is 0.149. The number of nitrogens with one attached hydrogen (secondary N) is 1. The molecule has 1 fully saturated rings. The highest BCUT2D eigenvalue weighted by atomic mass is 19.4. The second kappa shape index (κ2) is 4.28. The van der Waals surface area contributed by atoms with Gasteiger partial charge in [-0.1, -0.05) is 6.42 Å². The Bertz CT molecular complexity index is 156. The van der Waals surface area contributed by atoms with Crippen LogP contribution in [0.2, 0.25) is 0 Å². The molecule has 13 heavy (non-hydrogen) atoms. The number of likely N-dealkylation sites (N-methyl/N-ethyl adjacent to an activating group) is 1. The fourth-order valence-corrected chi connectivity index (χ4v) is 1.78. The summed E-state index contributed by atoms with van der Waals surface area (Å²) in [6, 6.07) is -0.376. The van der Waals surface area contributed by atoms with Gasteiger partial charge in [0.2, 0.25) is 0 Å². The van der Waals surface area contributed by atoms with Crippen molar-refractivity contribution in [2.24, 2.45) is 0 Å². The molecule has 2 nitrogen and oxygen atoms in total. The molecular weight excluding hydrogens is 181 g/mol. The summed E-state index contributed by atoms with van der Waals surface area (Å²) in [5, 5.41) is 2.80. The molecule has 1 rings (SSSR count). The van der Waals surface area contributed by atoms with E-state index >= 15 is 0 Å². The van der Waals surface area contributed by atoms with E-state index in [0.717, 1.165) is 6.42 Å². The van der Waals surface area contributed by atoms with Gasteiger partial charge < -0.3 is 5.32 Å². The first-order valence-electron chi connectivity index (χ1n) is 4.54. The van der Waals surface area contributed by atoms with Crippen LogP contribution in [0.15, 0.2) is 0 Å². The average Bonchev–Trinajstić information content (AvgIpc) is 2.04. The van der Waals surface area contributed by atoms with E-state index < -0.39 is 6.30 Å². The van der Waals surface area contributed by atoms with Crippen LogP contribution in [0.4, 0.5) is 13.2 Å². The molecule has 5 heteroatoms. The Hall–Kier alpha value is -0.290. The third kappa shape index (κ3) is 2.84. The van der Waals surface area contributed by atoms with Crippen molar-refractivity contribution < 1.29 is 13.2 Å².